The minimum atomic E-state index is -0.377. The molecule has 3 aromatic rings. The number of halogens is 1. The lowest BCUT2D eigenvalue weighted by Gasteiger charge is -2.08. The molecule has 7 heteroatoms. The molecular formula is C18H16FN3O2S. The van der Waals surface area contributed by atoms with Crippen molar-refractivity contribution in [3.05, 3.63) is 59.9 Å². The first-order chi connectivity index (χ1) is 12.1. The zero-order valence-electron chi connectivity index (χ0n) is 13.7. The lowest BCUT2D eigenvalue weighted by molar-refractivity contribution is 0.0994. The van der Waals surface area contributed by atoms with Crippen LogP contribution in [0, 0.1) is 5.82 Å². The number of methoxy groups -OCH3 is 1. The van der Waals surface area contributed by atoms with Gasteiger partial charge in [0.1, 0.15) is 11.6 Å². The number of H-pyrrole nitrogens is 1. The predicted molar refractivity (Wildman–Crippen MR) is 94.4 cm³/mol. The fraction of sp³-hybridized carbons (Fsp3) is 0.167. The summed E-state index contributed by atoms with van der Waals surface area (Å²) in [5, 5.41) is 6.80. The molecule has 0 saturated heterocycles. The Bertz CT molecular complexity index is 880. The number of rotatable bonds is 6. The first kappa shape index (κ1) is 17.2. The van der Waals surface area contributed by atoms with Gasteiger partial charge in [0.25, 0.3) is 0 Å². The van der Waals surface area contributed by atoms with E-state index in [-0.39, 0.29) is 16.9 Å². The first-order valence-corrected chi connectivity index (χ1v) is 8.48. The van der Waals surface area contributed by atoms with Crippen molar-refractivity contribution in [1.29, 1.82) is 0 Å². The van der Waals surface area contributed by atoms with Gasteiger partial charge in [0.2, 0.25) is 5.16 Å². The molecule has 128 valence electrons. The van der Waals surface area contributed by atoms with Crippen LogP contribution in [0.3, 0.4) is 0 Å². The summed E-state index contributed by atoms with van der Waals surface area (Å²) in [5.74, 6) is 0.618. The summed E-state index contributed by atoms with van der Waals surface area (Å²) in [4.78, 5) is 16.8. The summed E-state index contributed by atoms with van der Waals surface area (Å²) < 4.78 is 18.9. The Morgan fingerprint density at radius 3 is 2.60 bits per heavy atom. The molecule has 0 saturated carbocycles. The van der Waals surface area contributed by atoms with E-state index in [1.165, 1.54) is 17.8 Å². The van der Waals surface area contributed by atoms with Gasteiger partial charge in [-0.3, -0.25) is 9.89 Å². The van der Waals surface area contributed by atoms with Crippen molar-refractivity contribution in [1.82, 2.24) is 15.2 Å². The molecule has 0 bridgehead atoms. The molecule has 3 rings (SSSR count). The van der Waals surface area contributed by atoms with Crippen molar-refractivity contribution in [3.63, 3.8) is 0 Å². The summed E-state index contributed by atoms with van der Waals surface area (Å²) in [6, 6.07) is 13.3. The summed E-state index contributed by atoms with van der Waals surface area (Å²) >= 11 is 1.22. The molecule has 0 aliphatic heterocycles. The lowest BCUT2D eigenvalue weighted by Crippen LogP contribution is -2.13. The van der Waals surface area contributed by atoms with E-state index < -0.39 is 0 Å². The van der Waals surface area contributed by atoms with Crippen LogP contribution >= 0.6 is 11.8 Å². The van der Waals surface area contributed by atoms with Gasteiger partial charge in [-0.2, -0.15) is 0 Å². The van der Waals surface area contributed by atoms with Gasteiger partial charge in [0, 0.05) is 5.56 Å². The first-order valence-electron chi connectivity index (χ1n) is 7.60. The van der Waals surface area contributed by atoms with E-state index in [0.29, 0.717) is 27.9 Å². The van der Waals surface area contributed by atoms with Crippen LogP contribution in [0.2, 0.25) is 0 Å². The van der Waals surface area contributed by atoms with Gasteiger partial charge in [-0.1, -0.05) is 23.9 Å². The van der Waals surface area contributed by atoms with Crippen molar-refractivity contribution >= 4 is 17.5 Å². The fourth-order valence-corrected chi connectivity index (χ4v) is 3.08. The minimum Gasteiger partial charge on any atom is -0.497 e. The third-order valence-electron chi connectivity index (χ3n) is 3.62. The van der Waals surface area contributed by atoms with Crippen molar-refractivity contribution in [2.75, 3.05) is 7.11 Å². The number of ether oxygens (including phenoxy) is 1. The van der Waals surface area contributed by atoms with Crippen molar-refractivity contribution in [2.45, 2.75) is 17.3 Å². The zero-order chi connectivity index (χ0) is 17.8. The van der Waals surface area contributed by atoms with Crippen LogP contribution in [0.4, 0.5) is 4.39 Å². The Morgan fingerprint density at radius 2 is 1.92 bits per heavy atom. The fourth-order valence-electron chi connectivity index (χ4n) is 2.27. The van der Waals surface area contributed by atoms with Crippen LogP contribution < -0.4 is 4.74 Å². The smallest absolute Gasteiger partial charge is 0.209 e. The van der Waals surface area contributed by atoms with E-state index in [9.17, 15) is 9.18 Å². The van der Waals surface area contributed by atoms with Gasteiger partial charge in [-0.25, -0.2) is 9.37 Å². The van der Waals surface area contributed by atoms with E-state index in [1.807, 2.05) is 0 Å². The second-order valence-corrected chi connectivity index (χ2v) is 6.61. The minimum absolute atomic E-state index is 0.0371. The third kappa shape index (κ3) is 3.88. The molecular weight excluding hydrogens is 341 g/mol. The Kier molecular flexibility index (Phi) is 5.14. The lowest BCUT2D eigenvalue weighted by atomic mass is 10.1. The molecule has 1 N–H and O–H groups in total. The number of benzene rings is 2. The number of carbonyl (C=O) groups excluding carboxylic acids is 1. The third-order valence-corrected chi connectivity index (χ3v) is 4.58. The number of hydrogen-bond acceptors (Lipinski definition) is 5. The van der Waals surface area contributed by atoms with Crippen LogP contribution in [0.25, 0.3) is 11.4 Å². The van der Waals surface area contributed by atoms with Crippen LogP contribution in [0.1, 0.15) is 17.3 Å². The van der Waals surface area contributed by atoms with Gasteiger partial charge >= 0.3 is 0 Å². The monoisotopic (exact) mass is 357 g/mol. The molecule has 1 heterocycles. The molecule has 0 aliphatic rings. The summed E-state index contributed by atoms with van der Waals surface area (Å²) in [5.41, 5.74) is 0.932. The zero-order valence-corrected chi connectivity index (χ0v) is 14.5. The maximum Gasteiger partial charge on any atom is 0.209 e. The topological polar surface area (TPSA) is 67.9 Å². The Morgan fingerprint density at radius 1 is 1.20 bits per heavy atom. The number of thioether (sulfide) groups is 1. The van der Waals surface area contributed by atoms with E-state index in [0.717, 1.165) is 0 Å². The average molecular weight is 357 g/mol. The van der Waals surface area contributed by atoms with Crippen molar-refractivity contribution < 1.29 is 13.9 Å². The van der Waals surface area contributed by atoms with E-state index in [4.69, 9.17) is 4.74 Å². The van der Waals surface area contributed by atoms with Crippen LogP contribution in [-0.2, 0) is 0 Å². The number of nitrogens with one attached hydrogen (secondary N) is 1. The molecule has 5 nitrogen and oxygen atoms in total. The average Bonchev–Trinajstić information content (AvgIpc) is 3.09. The predicted octanol–water partition coefficient (Wildman–Crippen LogP) is 3.98. The highest BCUT2D eigenvalue weighted by Gasteiger charge is 2.19. The summed E-state index contributed by atoms with van der Waals surface area (Å²) in [6.07, 6.45) is 0. The van der Waals surface area contributed by atoms with Crippen molar-refractivity contribution in [3.8, 4) is 17.1 Å². The summed E-state index contributed by atoms with van der Waals surface area (Å²) in [7, 11) is 1.58. The van der Waals surface area contributed by atoms with E-state index >= 15 is 0 Å². The Balaban J connectivity index is 1.71. The van der Waals surface area contributed by atoms with Crippen LogP contribution in [0.5, 0.6) is 5.75 Å². The Hall–Kier alpha value is -2.67. The SMILES string of the molecule is COc1ccc(C(=O)C(C)Sc2n[nH]c(-c3ccccc3F)n2)cc1. The molecule has 1 aromatic heterocycles. The number of aromatic nitrogens is 3. The number of hydrogen-bond donors (Lipinski definition) is 1. The number of aromatic amines is 1. The van der Waals surface area contributed by atoms with Crippen molar-refractivity contribution in [2.24, 2.45) is 0 Å². The Labute approximate surface area is 148 Å². The molecule has 25 heavy (non-hydrogen) atoms. The van der Waals surface area contributed by atoms with Gasteiger partial charge in [-0.15, -0.1) is 5.10 Å². The number of Topliss-reactive ketones (excluding diaryl/α,β-unsaturated/α-hetero) is 1. The maximum atomic E-state index is 13.8. The second kappa shape index (κ2) is 7.48. The molecule has 0 amide bonds. The molecule has 0 spiro atoms. The number of carbonyl (C=O) groups is 1. The van der Waals surface area contributed by atoms with Gasteiger partial charge in [-0.05, 0) is 43.3 Å². The van der Waals surface area contributed by atoms with Gasteiger partial charge < -0.3 is 4.74 Å². The molecule has 0 fully saturated rings. The number of ketones is 1. The van der Waals surface area contributed by atoms with E-state index in [2.05, 4.69) is 15.2 Å². The molecule has 0 radical (unpaired) electrons. The van der Waals surface area contributed by atoms with Crippen LogP contribution in [0.15, 0.2) is 53.7 Å². The summed E-state index contributed by atoms with van der Waals surface area (Å²) in [6.45, 7) is 1.79. The molecule has 2 aromatic carbocycles. The normalized spacial score (nSPS) is 12.0. The second-order valence-electron chi connectivity index (χ2n) is 5.30. The molecule has 1 atom stereocenters. The molecule has 0 aliphatic carbocycles. The maximum absolute atomic E-state index is 13.8. The largest absolute Gasteiger partial charge is 0.497 e. The van der Waals surface area contributed by atoms with Gasteiger partial charge in [0.05, 0.1) is 17.9 Å². The highest BCUT2D eigenvalue weighted by Crippen LogP contribution is 2.26. The highest BCUT2D eigenvalue weighted by molar-refractivity contribution is 8.00. The quantitative estimate of drug-likeness (QED) is 0.534. The van der Waals surface area contributed by atoms with Gasteiger partial charge in [0.15, 0.2) is 11.6 Å². The van der Waals surface area contributed by atoms with E-state index in [1.54, 1.807) is 56.5 Å². The highest BCUT2D eigenvalue weighted by atomic mass is 32.2. The standard InChI is InChI=1S/C18H16FN3O2S/c1-11(16(23)12-7-9-13(24-2)10-8-12)25-18-20-17(21-22-18)14-5-3-4-6-15(14)19/h3-11H,1-2H3,(H,20,21,22). The van der Waals surface area contributed by atoms with Crippen LogP contribution in [-0.4, -0.2) is 33.3 Å². The number of nitrogens with zero attached hydrogens (tertiary/aromatic N) is 2. The molecule has 1 unspecified atom stereocenters.